The monoisotopic (exact) mass is 192 g/mol. The Bertz CT molecular complexity index is 313. The summed E-state index contributed by atoms with van der Waals surface area (Å²) in [5.74, 6) is 0.990. The van der Waals surface area contributed by atoms with E-state index >= 15 is 0 Å². The highest BCUT2D eigenvalue weighted by Crippen LogP contribution is 2.29. The molecule has 0 aliphatic carbocycles. The first kappa shape index (κ1) is 11.1. The van der Waals surface area contributed by atoms with Gasteiger partial charge in [0.2, 0.25) is 0 Å². The lowest BCUT2D eigenvalue weighted by atomic mass is 9.90. The van der Waals surface area contributed by atoms with Crippen molar-refractivity contribution in [3.63, 3.8) is 0 Å². The zero-order valence-electron chi connectivity index (χ0n) is 9.59. The molecule has 1 rings (SSSR count). The Morgan fingerprint density at radius 3 is 2.07 bits per heavy atom. The van der Waals surface area contributed by atoms with Gasteiger partial charge < -0.3 is 5.11 Å². The first-order valence-electron chi connectivity index (χ1n) is 5.45. The Labute approximate surface area is 86.8 Å². The van der Waals surface area contributed by atoms with Crippen LogP contribution in [0.15, 0.2) is 12.1 Å². The Balaban J connectivity index is 3.33. The van der Waals surface area contributed by atoms with Crippen molar-refractivity contribution in [2.24, 2.45) is 0 Å². The summed E-state index contributed by atoms with van der Waals surface area (Å²) < 4.78 is 0. The topological polar surface area (TPSA) is 20.2 Å². The van der Waals surface area contributed by atoms with Gasteiger partial charge in [0, 0.05) is 0 Å². The Hall–Kier alpha value is -0.980. The fraction of sp³-hybridized carbons (Fsp3) is 0.538. The SMILES string of the molecule is CCc1c(O)ccc(C(C)C)c1CC. The van der Waals surface area contributed by atoms with E-state index in [0.717, 1.165) is 18.4 Å². The van der Waals surface area contributed by atoms with Gasteiger partial charge in [-0.25, -0.2) is 0 Å². The maximum atomic E-state index is 9.73. The van der Waals surface area contributed by atoms with Crippen molar-refractivity contribution < 1.29 is 5.11 Å². The molecule has 1 aromatic carbocycles. The highest BCUT2D eigenvalue weighted by molar-refractivity contribution is 5.45. The second-order valence-corrected chi connectivity index (χ2v) is 3.99. The van der Waals surface area contributed by atoms with Gasteiger partial charge in [-0.2, -0.15) is 0 Å². The van der Waals surface area contributed by atoms with E-state index in [1.807, 2.05) is 6.07 Å². The van der Waals surface area contributed by atoms with Gasteiger partial charge in [-0.05, 0) is 41.5 Å². The molecule has 0 heterocycles. The molecule has 0 unspecified atom stereocenters. The normalized spacial score (nSPS) is 10.9. The molecule has 0 spiro atoms. The average Bonchev–Trinajstić information content (AvgIpc) is 2.16. The van der Waals surface area contributed by atoms with Crippen LogP contribution in [0.25, 0.3) is 0 Å². The third kappa shape index (κ3) is 1.92. The van der Waals surface area contributed by atoms with Gasteiger partial charge >= 0.3 is 0 Å². The van der Waals surface area contributed by atoms with Crippen LogP contribution in [-0.4, -0.2) is 5.11 Å². The van der Waals surface area contributed by atoms with E-state index in [4.69, 9.17) is 0 Å². The predicted molar refractivity (Wildman–Crippen MR) is 61.0 cm³/mol. The van der Waals surface area contributed by atoms with Gasteiger partial charge in [0.05, 0.1) is 0 Å². The summed E-state index contributed by atoms with van der Waals surface area (Å²) in [4.78, 5) is 0. The van der Waals surface area contributed by atoms with E-state index < -0.39 is 0 Å². The number of phenols is 1. The maximum absolute atomic E-state index is 9.73. The lowest BCUT2D eigenvalue weighted by Crippen LogP contribution is -2.00. The second-order valence-electron chi connectivity index (χ2n) is 3.99. The minimum atomic E-state index is 0.453. The average molecular weight is 192 g/mol. The van der Waals surface area contributed by atoms with Crippen LogP contribution in [0.2, 0.25) is 0 Å². The van der Waals surface area contributed by atoms with Crippen molar-refractivity contribution in [2.45, 2.75) is 46.5 Å². The van der Waals surface area contributed by atoms with Gasteiger partial charge in [-0.1, -0.05) is 33.8 Å². The van der Waals surface area contributed by atoms with Crippen molar-refractivity contribution in [3.05, 3.63) is 28.8 Å². The molecule has 0 bridgehead atoms. The Kier molecular flexibility index (Phi) is 3.56. The first-order valence-corrected chi connectivity index (χ1v) is 5.45. The molecule has 1 N–H and O–H groups in total. The van der Waals surface area contributed by atoms with E-state index in [2.05, 4.69) is 33.8 Å². The van der Waals surface area contributed by atoms with Crippen molar-refractivity contribution in [2.75, 3.05) is 0 Å². The molecule has 0 radical (unpaired) electrons. The smallest absolute Gasteiger partial charge is 0.119 e. The lowest BCUT2D eigenvalue weighted by molar-refractivity contribution is 0.467. The molecule has 0 saturated heterocycles. The van der Waals surface area contributed by atoms with E-state index in [9.17, 15) is 5.11 Å². The third-order valence-corrected chi connectivity index (χ3v) is 2.77. The zero-order chi connectivity index (χ0) is 10.7. The molecule has 1 heteroatoms. The first-order chi connectivity index (χ1) is 6.61. The van der Waals surface area contributed by atoms with Crippen molar-refractivity contribution in [1.29, 1.82) is 0 Å². The summed E-state index contributed by atoms with van der Waals surface area (Å²) >= 11 is 0. The fourth-order valence-electron chi connectivity index (χ4n) is 2.05. The zero-order valence-corrected chi connectivity index (χ0v) is 9.59. The van der Waals surface area contributed by atoms with E-state index in [0.29, 0.717) is 11.7 Å². The van der Waals surface area contributed by atoms with E-state index in [1.54, 1.807) is 0 Å². The molecule has 0 aliphatic rings. The van der Waals surface area contributed by atoms with E-state index in [1.165, 1.54) is 11.1 Å². The van der Waals surface area contributed by atoms with Gasteiger partial charge in [-0.3, -0.25) is 0 Å². The van der Waals surface area contributed by atoms with Crippen molar-refractivity contribution in [1.82, 2.24) is 0 Å². The van der Waals surface area contributed by atoms with E-state index in [-0.39, 0.29) is 0 Å². The summed E-state index contributed by atoms with van der Waals surface area (Å²) in [6.07, 6.45) is 1.92. The summed E-state index contributed by atoms with van der Waals surface area (Å²) in [7, 11) is 0. The molecule has 0 fully saturated rings. The van der Waals surface area contributed by atoms with Gasteiger partial charge in [-0.15, -0.1) is 0 Å². The van der Waals surface area contributed by atoms with Crippen LogP contribution in [0.3, 0.4) is 0 Å². The molecule has 0 aliphatic heterocycles. The molecule has 78 valence electrons. The van der Waals surface area contributed by atoms with Gasteiger partial charge in [0.25, 0.3) is 0 Å². The summed E-state index contributed by atoms with van der Waals surface area (Å²) in [5.41, 5.74) is 3.84. The number of rotatable bonds is 3. The van der Waals surface area contributed by atoms with Crippen LogP contribution in [0.5, 0.6) is 5.75 Å². The third-order valence-electron chi connectivity index (χ3n) is 2.77. The molecule has 0 aromatic heterocycles. The predicted octanol–water partition coefficient (Wildman–Crippen LogP) is 3.64. The molecule has 0 amide bonds. The highest BCUT2D eigenvalue weighted by atomic mass is 16.3. The summed E-state index contributed by atoms with van der Waals surface area (Å²) in [5, 5.41) is 9.73. The second kappa shape index (κ2) is 4.50. The molecule has 0 atom stereocenters. The van der Waals surface area contributed by atoms with Gasteiger partial charge in [0.1, 0.15) is 5.75 Å². The summed E-state index contributed by atoms with van der Waals surface area (Å²) in [6, 6.07) is 3.88. The van der Waals surface area contributed by atoms with Crippen LogP contribution >= 0.6 is 0 Å². The van der Waals surface area contributed by atoms with Crippen LogP contribution < -0.4 is 0 Å². The minimum Gasteiger partial charge on any atom is -0.508 e. The molecule has 0 saturated carbocycles. The Morgan fingerprint density at radius 1 is 1.07 bits per heavy atom. The van der Waals surface area contributed by atoms with Crippen LogP contribution in [0.4, 0.5) is 0 Å². The number of benzene rings is 1. The van der Waals surface area contributed by atoms with Crippen molar-refractivity contribution in [3.8, 4) is 5.75 Å². The van der Waals surface area contributed by atoms with Crippen LogP contribution in [0, 0.1) is 0 Å². The number of phenolic OH excluding ortho intramolecular Hbond substituents is 1. The molecule has 14 heavy (non-hydrogen) atoms. The molecule has 1 nitrogen and oxygen atoms in total. The standard InChI is InChI=1S/C13H20O/c1-5-10-11(6-2)13(14)8-7-12(10)9(3)4/h7-9,14H,5-6H2,1-4H3. The lowest BCUT2D eigenvalue weighted by Gasteiger charge is -2.16. The molecular weight excluding hydrogens is 172 g/mol. The Morgan fingerprint density at radius 2 is 1.64 bits per heavy atom. The number of hydrogen-bond acceptors (Lipinski definition) is 1. The number of hydrogen-bond donors (Lipinski definition) is 1. The minimum absolute atomic E-state index is 0.453. The highest BCUT2D eigenvalue weighted by Gasteiger charge is 2.11. The van der Waals surface area contributed by atoms with Crippen molar-refractivity contribution >= 4 is 0 Å². The van der Waals surface area contributed by atoms with Crippen LogP contribution in [-0.2, 0) is 12.8 Å². The summed E-state index contributed by atoms with van der Waals surface area (Å²) in [6.45, 7) is 8.65. The number of aromatic hydroxyl groups is 1. The fourth-order valence-corrected chi connectivity index (χ4v) is 2.05. The maximum Gasteiger partial charge on any atom is 0.119 e. The van der Waals surface area contributed by atoms with Gasteiger partial charge in [0.15, 0.2) is 0 Å². The molecular formula is C13H20O. The largest absolute Gasteiger partial charge is 0.508 e. The quantitative estimate of drug-likeness (QED) is 0.775. The van der Waals surface area contributed by atoms with Crippen LogP contribution in [0.1, 0.15) is 50.3 Å². The molecule has 1 aromatic rings.